The molecule has 26 heavy (non-hydrogen) atoms. The second kappa shape index (κ2) is 6.59. The van der Waals surface area contributed by atoms with E-state index < -0.39 is 5.54 Å². The second-order valence-electron chi connectivity index (χ2n) is 7.09. The first-order valence-corrected chi connectivity index (χ1v) is 9.18. The van der Waals surface area contributed by atoms with Crippen LogP contribution < -0.4 is 10.5 Å². The summed E-state index contributed by atoms with van der Waals surface area (Å²) in [6.07, 6.45) is 8.52. The number of aromatic nitrogens is 2. The number of unbranched alkanes of at least 4 members (excludes halogenated alkanes) is 1. The monoisotopic (exact) mass is 352 g/mol. The highest BCUT2D eigenvalue weighted by atomic mass is 16.5. The molecular weight excluding hydrogens is 328 g/mol. The van der Waals surface area contributed by atoms with Gasteiger partial charge >= 0.3 is 0 Å². The van der Waals surface area contributed by atoms with Crippen LogP contribution in [0.15, 0.2) is 41.9 Å². The van der Waals surface area contributed by atoms with E-state index >= 15 is 0 Å². The number of benzene rings is 1. The Morgan fingerprint density at radius 1 is 1.23 bits per heavy atom. The third kappa shape index (κ3) is 2.69. The number of ether oxygens (including phenoxy) is 2. The SMILES string of the molecule is CCCC[C@@H]1Oc2ccc(-c3cncnc3)cc2C2(COC(N)=N2)C1C. The molecule has 1 aromatic heterocycles. The fraction of sp³-hybridized carbons (Fsp3) is 0.450. The molecule has 2 N–H and O–H groups in total. The molecule has 0 radical (unpaired) electrons. The molecule has 0 fully saturated rings. The summed E-state index contributed by atoms with van der Waals surface area (Å²) in [5, 5.41) is 0. The van der Waals surface area contributed by atoms with E-state index in [0.29, 0.717) is 6.61 Å². The molecule has 6 nitrogen and oxygen atoms in total. The number of nitrogens with two attached hydrogens (primary N) is 1. The van der Waals surface area contributed by atoms with Crippen molar-refractivity contribution in [3.05, 3.63) is 42.5 Å². The van der Waals surface area contributed by atoms with Crippen molar-refractivity contribution in [1.29, 1.82) is 0 Å². The highest BCUT2D eigenvalue weighted by Crippen LogP contribution is 2.49. The first-order valence-electron chi connectivity index (χ1n) is 9.18. The van der Waals surface area contributed by atoms with Crippen LogP contribution in [-0.4, -0.2) is 28.7 Å². The maximum absolute atomic E-state index is 6.36. The van der Waals surface area contributed by atoms with Crippen molar-refractivity contribution in [3.8, 4) is 16.9 Å². The zero-order valence-electron chi connectivity index (χ0n) is 15.2. The van der Waals surface area contributed by atoms with Gasteiger partial charge in [0, 0.05) is 29.4 Å². The van der Waals surface area contributed by atoms with E-state index in [1.165, 1.54) is 6.33 Å². The van der Waals surface area contributed by atoms with Crippen LogP contribution in [0, 0.1) is 5.92 Å². The minimum absolute atomic E-state index is 0.103. The summed E-state index contributed by atoms with van der Waals surface area (Å²) in [5.41, 5.74) is 8.45. The first-order chi connectivity index (χ1) is 12.6. The molecule has 6 heteroatoms. The molecule has 2 aliphatic heterocycles. The molecule has 1 aromatic carbocycles. The highest BCUT2D eigenvalue weighted by Gasteiger charge is 2.51. The average Bonchev–Trinajstić information content (AvgIpc) is 3.07. The molecule has 2 aromatic rings. The Hall–Kier alpha value is -2.63. The van der Waals surface area contributed by atoms with Crippen LogP contribution in [0.2, 0.25) is 0 Å². The fourth-order valence-electron chi connectivity index (χ4n) is 3.95. The topological polar surface area (TPSA) is 82.6 Å². The van der Waals surface area contributed by atoms with Crippen LogP contribution in [0.25, 0.3) is 11.1 Å². The van der Waals surface area contributed by atoms with Gasteiger partial charge in [0.25, 0.3) is 6.02 Å². The standard InChI is InChI=1S/C20H24N4O2/c1-3-4-5-17-13(2)20(11-25-19(21)24-20)16-8-14(6-7-18(16)26-17)15-9-22-12-23-10-15/h6-10,12-13,17H,3-5,11H2,1-2H3,(H2,21,24)/t13?,17-,20?/m0/s1. The van der Waals surface area contributed by atoms with Gasteiger partial charge in [-0.25, -0.2) is 15.0 Å². The maximum atomic E-state index is 6.36. The summed E-state index contributed by atoms with van der Waals surface area (Å²) in [6, 6.07) is 6.44. The van der Waals surface area contributed by atoms with Crippen molar-refractivity contribution in [2.75, 3.05) is 6.61 Å². The Labute approximate surface area is 153 Å². The van der Waals surface area contributed by atoms with Gasteiger partial charge in [-0.2, -0.15) is 0 Å². The van der Waals surface area contributed by atoms with E-state index in [9.17, 15) is 0 Å². The third-order valence-electron chi connectivity index (χ3n) is 5.52. The molecule has 2 unspecified atom stereocenters. The molecule has 1 spiro atoms. The predicted octanol–water partition coefficient (Wildman–Crippen LogP) is 3.27. The van der Waals surface area contributed by atoms with Crippen LogP contribution in [-0.2, 0) is 10.3 Å². The van der Waals surface area contributed by atoms with Crippen LogP contribution in [0.4, 0.5) is 0 Å². The van der Waals surface area contributed by atoms with E-state index in [1.807, 2.05) is 12.1 Å². The van der Waals surface area contributed by atoms with E-state index in [0.717, 1.165) is 41.7 Å². The summed E-state index contributed by atoms with van der Waals surface area (Å²) in [7, 11) is 0. The maximum Gasteiger partial charge on any atom is 0.283 e. The van der Waals surface area contributed by atoms with E-state index in [1.54, 1.807) is 12.4 Å². The number of fused-ring (bicyclic) bond motifs is 2. The zero-order chi connectivity index (χ0) is 18.1. The lowest BCUT2D eigenvalue weighted by atomic mass is 9.73. The van der Waals surface area contributed by atoms with Gasteiger partial charge in [-0.05, 0) is 24.1 Å². The molecule has 0 amide bonds. The van der Waals surface area contributed by atoms with Crippen LogP contribution in [0.5, 0.6) is 5.75 Å². The molecule has 2 aliphatic rings. The van der Waals surface area contributed by atoms with Crippen molar-refractivity contribution in [1.82, 2.24) is 9.97 Å². The van der Waals surface area contributed by atoms with Crippen LogP contribution in [0.3, 0.4) is 0 Å². The Morgan fingerprint density at radius 2 is 2.04 bits per heavy atom. The van der Waals surface area contributed by atoms with E-state index in [2.05, 4.69) is 29.9 Å². The molecule has 0 aliphatic carbocycles. The van der Waals surface area contributed by atoms with Gasteiger partial charge in [0.05, 0.1) is 0 Å². The van der Waals surface area contributed by atoms with Gasteiger partial charge < -0.3 is 15.2 Å². The van der Waals surface area contributed by atoms with Crippen molar-refractivity contribution < 1.29 is 9.47 Å². The number of hydrogen-bond donors (Lipinski definition) is 1. The number of aliphatic imine (C=N–C) groups is 1. The zero-order valence-corrected chi connectivity index (χ0v) is 15.2. The minimum Gasteiger partial charge on any atom is -0.490 e. The fourth-order valence-corrected chi connectivity index (χ4v) is 3.95. The lowest BCUT2D eigenvalue weighted by Gasteiger charge is -2.42. The molecule has 3 atom stereocenters. The normalized spacial score (nSPS) is 26.8. The van der Waals surface area contributed by atoms with Gasteiger partial charge in [0.2, 0.25) is 0 Å². The first kappa shape index (κ1) is 16.8. The minimum atomic E-state index is -0.498. The number of nitrogens with zero attached hydrogens (tertiary/aromatic N) is 3. The highest BCUT2D eigenvalue weighted by molar-refractivity contribution is 5.75. The van der Waals surface area contributed by atoms with Crippen molar-refractivity contribution in [2.24, 2.45) is 16.6 Å². The molecular formula is C20H24N4O2. The smallest absolute Gasteiger partial charge is 0.283 e. The number of amidine groups is 1. The third-order valence-corrected chi connectivity index (χ3v) is 5.52. The van der Waals surface area contributed by atoms with Gasteiger partial charge in [-0.15, -0.1) is 0 Å². The lowest BCUT2D eigenvalue weighted by molar-refractivity contribution is 0.0395. The average molecular weight is 352 g/mol. The van der Waals surface area contributed by atoms with Gasteiger partial charge in [0.1, 0.15) is 30.3 Å². The second-order valence-corrected chi connectivity index (χ2v) is 7.09. The summed E-state index contributed by atoms with van der Waals surface area (Å²) in [4.78, 5) is 13.0. The quantitative estimate of drug-likeness (QED) is 0.913. The molecule has 0 saturated carbocycles. The van der Waals surface area contributed by atoms with Crippen LogP contribution >= 0.6 is 0 Å². The number of rotatable bonds is 4. The molecule has 136 valence electrons. The Morgan fingerprint density at radius 3 is 2.73 bits per heavy atom. The molecule has 3 heterocycles. The van der Waals surface area contributed by atoms with Gasteiger partial charge in [-0.3, -0.25) is 0 Å². The van der Waals surface area contributed by atoms with Crippen LogP contribution in [0.1, 0.15) is 38.7 Å². The Kier molecular flexibility index (Phi) is 4.26. The largest absolute Gasteiger partial charge is 0.490 e. The van der Waals surface area contributed by atoms with Crippen molar-refractivity contribution >= 4 is 6.02 Å². The van der Waals surface area contributed by atoms with Gasteiger partial charge in [0.15, 0.2) is 0 Å². The van der Waals surface area contributed by atoms with E-state index in [-0.39, 0.29) is 18.0 Å². The Balaban J connectivity index is 1.81. The van der Waals surface area contributed by atoms with Crippen molar-refractivity contribution in [2.45, 2.75) is 44.8 Å². The van der Waals surface area contributed by atoms with Gasteiger partial charge in [-0.1, -0.05) is 32.8 Å². The van der Waals surface area contributed by atoms with Crippen molar-refractivity contribution in [3.63, 3.8) is 0 Å². The van der Waals surface area contributed by atoms with E-state index in [4.69, 9.17) is 20.2 Å². The molecule has 0 saturated heterocycles. The number of hydrogen-bond acceptors (Lipinski definition) is 6. The predicted molar refractivity (Wildman–Crippen MR) is 99.8 cm³/mol. The summed E-state index contributed by atoms with van der Waals surface area (Å²) in [6.45, 7) is 4.83. The summed E-state index contributed by atoms with van der Waals surface area (Å²) >= 11 is 0. The Bertz CT molecular complexity index is 824. The summed E-state index contributed by atoms with van der Waals surface area (Å²) in [5.74, 6) is 1.04. The summed E-state index contributed by atoms with van der Waals surface area (Å²) < 4.78 is 12.0. The lowest BCUT2D eigenvalue weighted by Crippen LogP contribution is -2.46. The molecule has 0 bridgehead atoms. The molecule has 4 rings (SSSR count).